The third kappa shape index (κ3) is 3.74. The molecule has 0 fully saturated rings. The molecule has 3 N–H and O–H groups in total. The molecule has 0 aromatic heterocycles. The molecule has 0 bridgehead atoms. The number of hydroxylamine groups is 1. The second-order valence-electron chi connectivity index (χ2n) is 6.90. The predicted octanol–water partition coefficient (Wildman–Crippen LogP) is 4.20. The van der Waals surface area contributed by atoms with Crippen LogP contribution in [0.4, 0.5) is 0 Å². The number of rotatable bonds is 6. The Bertz CT molecular complexity index is 1060. The van der Waals surface area contributed by atoms with Gasteiger partial charge in [-0.3, -0.25) is 10.0 Å². The summed E-state index contributed by atoms with van der Waals surface area (Å²) in [4.78, 5) is 12.2. The standard InChI is InChI=1S/C24H22N2O2/c27-24(26-28)23(14-17-8-2-1-3-9-17)25-16-22-20-12-6-4-10-18(20)15-19-11-5-7-13-21(19)22/h1-13,15,23,25,28H,14,16H2,(H,26,27). The molecule has 0 heterocycles. The van der Waals surface area contributed by atoms with E-state index in [-0.39, 0.29) is 0 Å². The molecule has 0 aliphatic carbocycles. The van der Waals surface area contributed by atoms with Gasteiger partial charge in [-0.25, -0.2) is 5.48 Å². The molecule has 28 heavy (non-hydrogen) atoms. The van der Waals surface area contributed by atoms with Crippen LogP contribution in [0.25, 0.3) is 21.5 Å². The highest BCUT2D eigenvalue weighted by atomic mass is 16.5. The fraction of sp³-hybridized carbons (Fsp3) is 0.125. The van der Waals surface area contributed by atoms with Gasteiger partial charge in [0.2, 0.25) is 0 Å². The quantitative estimate of drug-likeness (QED) is 0.271. The first-order chi connectivity index (χ1) is 13.8. The van der Waals surface area contributed by atoms with Crippen molar-refractivity contribution in [2.24, 2.45) is 0 Å². The van der Waals surface area contributed by atoms with Crippen molar-refractivity contribution < 1.29 is 10.0 Å². The van der Waals surface area contributed by atoms with Crippen molar-refractivity contribution in [1.29, 1.82) is 0 Å². The normalized spacial score (nSPS) is 12.2. The molecule has 4 aromatic carbocycles. The molecule has 0 saturated carbocycles. The molecule has 0 aliphatic heterocycles. The van der Waals surface area contributed by atoms with Gasteiger partial charge in [0.1, 0.15) is 0 Å². The highest BCUT2D eigenvalue weighted by molar-refractivity contribution is 6.02. The Morgan fingerprint density at radius 2 is 1.39 bits per heavy atom. The summed E-state index contributed by atoms with van der Waals surface area (Å²) in [5, 5.41) is 17.2. The summed E-state index contributed by atoms with van der Waals surface area (Å²) in [5.74, 6) is -0.437. The summed E-state index contributed by atoms with van der Waals surface area (Å²) in [7, 11) is 0. The van der Waals surface area contributed by atoms with Gasteiger partial charge in [-0.05, 0) is 45.2 Å². The van der Waals surface area contributed by atoms with Crippen molar-refractivity contribution in [3.8, 4) is 0 Å². The van der Waals surface area contributed by atoms with Crippen molar-refractivity contribution in [3.05, 3.63) is 96.1 Å². The number of carbonyl (C=O) groups is 1. The Hall–Kier alpha value is -3.21. The van der Waals surface area contributed by atoms with Crippen molar-refractivity contribution in [3.63, 3.8) is 0 Å². The third-order valence-electron chi connectivity index (χ3n) is 5.12. The first kappa shape index (κ1) is 18.2. The van der Waals surface area contributed by atoms with Gasteiger partial charge in [0, 0.05) is 6.54 Å². The summed E-state index contributed by atoms with van der Waals surface area (Å²) < 4.78 is 0. The first-order valence-electron chi connectivity index (χ1n) is 9.37. The van der Waals surface area contributed by atoms with Gasteiger partial charge in [0.05, 0.1) is 6.04 Å². The average Bonchev–Trinajstić information content (AvgIpc) is 2.75. The summed E-state index contributed by atoms with van der Waals surface area (Å²) in [6, 6.07) is 28.0. The van der Waals surface area contributed by atoms with E-state index in [1.54, 1.807) is 5.48 Å². The van der Waals surface area contributed by atoms with Gasteiger partial charge in [-0.2, -0.15) is 0 Å². The van der Waals surface area contributed by atoms with Gasteiger partial charge >= 0.3 is 0 Å². The monoisotopic (exact) mass is 370 g/mol. The van der Waals surface area contributed by atoms with E-state index in [9.17, 15) is 10.0 Å². The maximum atomic E-state index is 12.2. The molecule has 4 nitrogen and oxygen atoms in total. The third-order valence-corrected chi connectivity index (χ3v) is 5.12. The average molecular weight is 370 g/mol. The Morgan fingerprint density at radius 1 is 0.821 bits per heavy atom. The van der Waals surface area contributed by atoms with Gasteiger partial charge in [-0.15, -0.1) is 0 Å². The molecular weight excluding hydrogens is 348 g/mol. The van der Waals surface area contributed by atoms with E-state index < -0.39 is 11.9 Å². The van der Waals surface area contributed by atoms with E-state index in [0.717, 1.165) is 21.9 Å². The van der Waals surface area contributed by atoms with Crippen LogP contribution in [0, 0.1) is 0 Å². The van der Waals surface area contributed by atoms with Crippen LogP contribution in [0.1, 0.15) is 11.1 Å². The summed E-state index contributed by atoms with van der Waals surface area (Å²) in [6.45, 7) is 0.521. The fourth-order valence-corrected chi connectivity index (χ4v) is 3.71. The van der Waals surface area contributed by atoms with Crippen molar-refractivity contribution in [2.45, 2.75) is 19.0 Å². The van der Waals surface area contributed by atoms with E-state index >= 15 is 0 Å². The number of hydrogen-bond acceptors (Lipinski definition) is 3. The van der Waals surface area contributed by atoms with Crippen LogP contribution >= 0.6 is 0 Å². The highest BCUT2D eigenvalue weighted by Gasteiger charge is 2.19. The Balaban J connectivity index is 1.68. The zero-order valence-corrected chi connectivity index (χ0v) is 15.4. The number of benzene rings is 4. The molecule has 0 radical (unpaired) electrons. The molecule has 4 rings (SSSR count). The summed E-state index contributed by atoms with van der Waals surface area (Å²) in [6.07, 6.45) is 0.496. The minimum absolute atomic E-state index is 0.437. The van der Waals surface area contributed by atoms with Crippen LogP contribution in [-0.4, -0.2) is 17.2 Å². The van der Waals surface area contributed by atoms with E-state index in [1.165, 1.54) is 10.8 Å². The summed E-state index contributed by atoms with van der Waals surface area (Å²) in [5.41, 5.74) is 3.98. The van der Waals surface area contributed by atoms with Crippen LogP contribution in [-0.2, 0) is 17.8 Å². The van der Waals surface area contributed by atoms with Gasteiger partial charge in [-0.1, -0.05) is 78.9 Å². The number of carbonyl (C=O) groups excluding carboxylic acids is 1. The fourth-order valence-electron chi connectivity index (χ4n) is 3.71. The smallest absolute Gasteiger partial charge is 0.260 e. The Morgan fingerprint density at radius 3 is 2.00 bits per heavy atom. The largest absolute Gasteiger partial charge is 0.301 e. The van der Waals surface area contributed by atoms with E-state index in [0.29, 0.717) is 13.0 Å². The van der Waals surface area contributed by atoms with Crippen molar-refractivity contribution in [1.82, 2.24) is 10.8 Å². The molecule has 4 heteroatoms. The Kier molecular flexibility index (Phi) is 5.33. The predicted molar refractivity (Wildman–Crippen MR) is 112 cm³/mol. The van der Waals surface area contributed by atoms with Crippen LogP contribution in [0.5, 0.6) is 0 Å². The number of fused-ring (bicyclic) bond motifs is 2. The van der Waals surface area contributed by atoms with Crippen LogP contribution in [0.2, 0.25) is 0 Å². The Labute approximate surface area is 163 Å². The summed E-state index contributed by atoms with van der Waals surface area (Å²) >= 11 is 0. The molecular formula is C24H22N2O2. The minimum Gasteiger partial charge on any atom is -0.301 e. The van der Waals surface area contributed by atoms with E-state index in [2.05, 4.69) is 35.6 Å². The number of hydrogen-bond donors (Lipinski definition) is 3. The lowest BCUT2D eigenvalue weighted by Gasteiger charge is -2.19. The van der Waals surface area contributed by atoms with Gasteiger partial charge in [0.25, 0.3) is 5.91 Å². The maximum Gasteiger partial charge on any atom is 0.260 e. The van der Waals surface area contributed by atoms with E-state index in [1.807, 2.05) is 54.6 Å². The van der Waals surface area contributed by atoms with Gasteiger partial charge < -0.3 is 5.32 Å². The molecule has 0 aliphatic rings. The lowest BCUT2D eigenvalue weighted by Crippen LogP contribution is -2.44. The van der Waals surface area contributed by atoms with E-state index in [4.69, 9.17) is 0 Å². The van der Waals surface area contributed by atoms with Crippen LogP contribution in [0.3, 0.4) is 0 Å². The molecule has 4 aromatic rings. The second-order valence-corrected chi connectivity index (χ2v) is 6.90. The first-order valence-corrected chi connectivity index (χ1v) is 9.37. The molecule has 140 valence electrons. The van der Waals surface area contributed by atoms with Crippen molar-refractivity contribution in [2.75, 3.05) is 0 Å². The number of nitrogens with one attached hydrogen (secondary N) is 2. The van der Waals surface area contributed by atoms with Crippen molar-refractivity contribution >= 4 is 27.5 Å². The molecule has 1 amide bonds. The molecule has 1 unspecified atom stereocenters. The van der Waals surface area contributed by atoms with Crippen LogP contribution in [0.15, 0.2) is 84.9 Å². The lowest BCUT2D eigenvalue weighted by atomic mass is 9.96. The van der Waals surface area contributed by atoms with Gasteiger partial charge in [0.15, 0.2) is 0 Å². The SMILES string of the molecule is O=C(NO)C(Cc1ccccc1)NCc1c2ccccc2cc2ccccc12. The zero-order valence-electron chi connectivity index (χ0n) is 15.4. The second kappa shape index (κ2) is 8.21. The lowest BCUT2D eigenvalue weighted by molar-refractivity contribution is -0.131. The molecule has 0 spiro atoms. The highest BCUT2D eigenvalue weighted by Crippen LogP contribution is 2.28. The maximum absolute atomic E-state index is 12.2. The molecule has 1 atom stereocenters. The zero-order chi connectivity index (χ0) is 19.3. The topological polar surface area (TPSA) is 61.4 Å². The molecule has 0 saturated heterocycles. The van der Waals surface area contributed by atoms with Crippen LogP contribution < -0.4 is 10.8 Å². The minimum atomic E-state index is -0.537. The number of amides is 1.